The van der Waals surface area contributed by atoms with E-state index in [0.717, 1.165) is 15.7 Å². The van der Waals surface area contributed by atoms with Gasteiger partial charge in [-0.3, -0.25) is 14.4 Å². The molecule has 3 atom stereocenters. The van der Waals surface area contributed by atoms with Crippen molar-refractivity contribution in [3.05, 3.63) is 129 Å². The van der Waals surface area contributed by atoms with Crippen molar-refractivity contribution in [1.29, 1.82) is 0 Å². The van der Waals surface area contributed by atoms with Gasteiger partial charge in [0.1, 0.15) is 23.0 Å². The molecule has 3 aliphatic rings. The summed E-state index contributed by atoms with van der Waals surface area (Å²) in [6.07, 6.45) is 3.86. The number of halogens is 1. The van der Waals surface area contributed by atoms with Crippen LogP contribution in [-0.2, 0) is 0 Å². The average molecular weight is 620 g/mol. The second-order valence-electron chi connectivity index (χ2n) is 10.7. The lowest BCUT2D eigenvalue weighted by Gasteiger charge is -2.37. The zero-order valence-electron chi connectivity index (χ0n) is 22.9. The third-order valence-electron chi connectivity index (χ3n) is 8.87. The Morgan fingerprint density at radius 1 is 0.833 bits per heavy atom. The van der Waals surface area contributed by atoms with Gasteiger partial charge in [0.25, 0.3) is 0 Å². The second kappa shape index (κ2) is 9.81. The number of carbonyl (C=O) groups is 3. The zero-order valence-corrected chi connectivity index (χ0v) is 24.5. The lowest BCUT2D eigenvalue weighted by molar-refractivity contribution is 0.0665. The van der Waals surface area contributed by atoms with Crippen LogP contribution in [0.4, 0.5) is 5.69 Å². The standard InChI is InChI=1S/C35H26BrNO5/c1-41-23-14-15-26(28(19-23)42-2)30-31(32(38)20-8-4-3-5-9-20)37-27-16-13-22(36)18-21(27)12-17-29(37)35(30)33(39)24-10-6-7-11-25(24)34(35)40/h3-19,29-31H,1-2H3. The normalized spacial score (nSPS) is 21.2. The Labute approximate surface area is 251 Å². The van der Waals surface area contributed by atoms with Crippen LogP contribution in [-0.4, -0.2) is 43.7 Å². The number of rotatable bonds is 5. The minimum absolute atomic E-state index is 0.180. The number of nitrogens with zero attached hydrogens (tertiary/aromatic N) is 1. The van der Waals surface area contributed by atoms with Crippen molar-refractivity contribution in [1.82, 2.24) is 0 Å². The Kier molecular flexibility index (Phi) is 6.17. The van der Waals surface area contributed by atoms with E-state index in [-0.39, 0.29) is 17.3 Å². The van der Waals surface area contributed by atoms with Crippen LogP contribution in [0.5, 0.6) is 11.5 Å². The summed E-state index contributed by atoms with van der Waals surface area (Å²) in [6, 6.07) is 25.6. The number of carbonyl (C=O) groups excluding carboxylic acids is 3. The Morgan fingerprint density at radius 2 is 1.52 bits per heavy atom. The van der Waals surface area contributed by atoms with Crippen LogP contribution in [0.2, 0.25) is 0 Å². The van der Waals surface area contributed by atoms with Crippen molar-refractivity contribution >= 4 is 45.0 Å². The van der Waals surface area contributed by atoms with Crippen molar-refractivity contribution in [3.8, 4) is 11.5 Å². The van der Waals surface area contributed by atoms with E-state index in [0.29, 0.717) is 33.8 Å². The van der Waals surface area contributed by atoms with Gasteiger partial charge in [0.2, 0.25) is 0 Å². The molecule has 7 heteroatoms. The molecule has 2 aliphatic heterocycles. The molecule has 42 heavy (non-hydrogen) atoms. The number of anilines is 1. The highest BCUT2D eigenvalue weighted by Gasteiger charge is 2.72. The van der Waals surface area contributed by atoms with Crippen molar-refractivity contribution in [2.75, 3.05) is 19.1 Å². The molecule has 6 nitrogen and oxygen atoms in total. The quantitative estimate of drug-likeness (QED) is 0.181. The SMILES string of the molecule is COc1ccc(C2C(C(=O)c3ccccc3)N3c4ccc(Br)cc4C=CC3C23C(=O)c2ccccc2C3=O)c(OC)c1. The van der Waals surface area contributed by atoms with E-state index >= 15 is 0 Å². The number of fused-ring (bicyclic) bond motifs is 5. The smallest absolute Gasteiger partial charge is 0.185 e. The summed E-state index contributed by atoms with van der Waals surface area (Å²) in [4.78, 5) is 46.3. The molecule has 0 N–H and O–H groups in total. The molecule has 4 aromatic carbocycles. The summed E-state index contributed by atoms with van der Waals surface area (Å²) in [5.74, 6) is -0.609. The van der Waals surface area contributed by atoms with Gasteiger partial charge in [-0.05, 0) is 29.8 Å². The fourth-order valence-corrected chi connectivity index (χ4v) is 7.52. The maximum absolute atomic E-state index is 14.8. The molecule has 0 amide bonds. The molecule has 1 saturated heterocycles. The first-order valence-corrected chi connectivity index (χ1v) is 14.5. The molecule has 1 aliphatic carbocycles. The monoisotopic (exact) mass is 619 g/mol. The molecule has 208 valence electrons. The first-order chi connectivity index (χ1) is 20.4. The van der Waals surface area contributed by atoms with Crippen LogP contribution in [0.3, 0.4) is 0 Å². The van der Waals surface area contributed by atoms with Gasteiger partial charge in [-0.15, -0.1) is 0 Å². The second-order valence-corrected chi connectivity index (χ2v) is 11.7. The van der Waals surface area contributed by atoms with E-state index in [9.17, 15) is 14.4 Å². The fourth-order valence-electron chi connectivity index (χ4n) is 7.14. The summed E-state index contributed by atoms with van der Waals surface area (Å²) >= 11 is 3.57. The molecule has 2 heterocycles. The molecule has 0 radical (unpaired) electrons. The minimum atomic E-state index is -1.61. The van der Waals surface area contributed by atoms with Gasteiger partial charge < -0.3 is 14.4 Å². The number of hydrogen-bond donors (Lipinski definition) is 0. The average Bonchev–Trinajstić information content (AvgIpc) is 3.46. The van der Waals surface area contributed by atoms with Crippen molar-refractivity contribution in [3.63, 3.8) is 0 Å². The molecular weight excluding hydrogens is 594 g/mol. The molecule has 0 aromatic heterocycles. The van der Waals surface area contributed by atoms with Crippen LogP contribution >= 0.6 is 15.9 Å². The van der Waals surface area contributed by atoms with Crippen LogP contribution in [0.25, 0.3) is 6.08 Å². The molecular formula is C35H26BrNO5. The van der Waals surface area contributed by atoms with Crippen LogP contribution in [0.15, 0.2) is 102 Å². The van der Waals surface area contributed by atoms with Crippen LogP contribution in [0, 0.1) is 5.41 Å². The summed E-state index contributed by atoms with van der Waals surface area (Å²) in [5.41, 5.74) is 1.92. The summed E-state index contributed by atoms with van der Waals surface area (Å²) < 4.78 is 12.2. The third-order valence-corrected chi connectivity index (χ3v) is 9.36. The van der Waals surface area contributed by atoms with Gasteiger partial charge in [-0.25, -0.2) is 0 Å². The number of ether oxygens (including phenoxy) is 2. The largest absolute Gasteiger partial charge is 0.497 e. The number of benzene rings is 4. The predicted molar refractivity (Wildman–Crippen MR) is 164 cm³/mol. The van der Waals surface area contributed by atoms with E-state index in [2.05, 4.69) is 15.9 Å². The van der Waals surface area contributed by atoms with Gasteiger partial charge in [0.05, 0.1) is 20.3 Å². The molecule has 4 aromatic rings. The lowest BCUT2D eigenvalue weighted by Crippen LogP contribution is -2.48. The molecule has 3 unspecified atom stereocenters. The van der Waals surface area contributed by atoms with Crippen molar-refractivity contribution in [2.45, 2.75) is 18.0 Å². The van der Waals surface area contributed by atoms with Gasteiger partial charge in [0, 0.05) is 44.4 Å². The molecule has 7 rings (SSSR count). The van der Waals surface area contributed by atoms with Gasteiger partial charge in [-0.2, -0.15) is 0 Å². The van der Waals surface area contributed by atoms with Gasteiger partial charge in [0.15, 0.2) is 17.3 Å². The van der Waals surface area contributed by atoms with E-state index < -0.39 is 23.4 Å². The van der Waals surface area contributed by atoms with Gasteiger partial charge >= 0.3 is 0 Å². The molecule has 1 fully saturated rings. The summed E-state index contributed by atoms with van der Waals surface area (Å²) in [7, 11) is 3.11. The molecule has 0 bridgehead atoms. The van der Waals surface area contributed by atoms with Crippen LogP contribution in [0.1, 0.15) is 48.1 Å². The minimum Gasteiger partial charge on any atom is -0.497 e. The Balaban J connectivity index is 1.57. The Morgan fingerprint density at radius 3 is 2.19 bits per heavy atom. The maximum atomic E-state index is 14.8. The highest BCUT2D eigenvalue weighted by molar-refractivity contribution is 9.10. The first kappa shape index (κ1) is 26.4. The Hall–Kier alpha value is -4.49. The van der Waals surface area contributed by atoms with Crippen molar-refractivity contribution < 1.29 is 23.9 Å². The predicted octanol–water partition coefficient (Wildman–Crippen LogP) is 6.78. The van der Waals surface area contributed by atoms with E-state index in [1.165, 1.54) is 0 Å². The van der Waals surface area contributed by atoms with E-state index in [4.69, 9.17) is 9.47 Å². The fraction of sp³-hybridized carbons (Fsp3) is 0.171. The molecule has 1 spiro atoms. The summed E-state index contributed by atoms with van der Waals surface area (Å²) in [6.45, 7) is 0. The zero-order chi connectivity index (χ0) is 29.2. The highest BCUT2D eigenvalue weighted by atomic mass is 79.9. The first-order valence-electron chi connectivity index (χ1n) is 13.7. The van der Waals surface area contributed by atoms with Crippen molar-refractivity contribution in [2.24, 2.45) is 5.41 Å². The number of Topliss-reactive ketones (excluding diaryl/α,β-unsaturated/α-hetero) is 3. The number of hydrogen-bond acceptors (Lipinski definition) is 6. The van der Waals surface area contributed by atoms with E-state index in [1.807, 2.05) is 59.5 Å². The number of methoxy groups -OCH3 is 2. The topological polar surface area (TPSA) is 72.9 Å². The molecule has 0 saturated carbocycles. The summed E-state index contributed by atoms with van der Waals surface area (Å²) in [5, 5.41) is 0. The highest BCUT2D eigenvalue weighted by Crippen LogP contribution is 2.62. The van der Waals surface area contributed by atoms with Crippen LogP contribution < -0.4 is 14.4 Å². The Bertz CT molecular complexity index is 1780. The third kappa shape index (κ3) is 3.53. The van der Waals surface area contributed by atoms with Gasteiger partial charge in [-0.1, -0.05) is 88.7 Å². The maximum Gasteiger partial charge on any atom is 0.185 e. The lowest BCUT2D eigenvalue weighted by atomic mass is 9.64. The number of ketones is 3. The van der Waals surface area contributed by atoms with E-state index in [1.54, 1.807) is 62.8 Å².